The molecule has 0 bridgehead atoms. The first-order valence-electron chi connectivity index (χ1n) is 7.27. The lowest BCUT2D eigenvalue weighted by Gasteiger charge is -2.34. The monoisotopic (exact) mass is 333 g/mol. The van der Waals surface area contributed by atoms with Crippen LogP contribution in [0.25, 0.3) is 0 Å². The van der Waals surface area contributed by atoms with Gasteiger partial charge < -0.3 is 4.90 Å². The van der Waals surface area contributed by atoms with Gasteiger partial charge >= 0.3 is 0 Å². The van der Waals surface area contributed by atoms with Crippen molar-refractivity contribution in [2.45, 2.75) is 0 Å². The van der Waals surface area contributed by atoms with Crippen LogP contribution in [0.5, 0.6) is 0 Å². The first-order chi connectivity index (χ1) is 10.7. The van der Waals surface area contributed by atoms with Crippen LogP contribution in [0.15, 0.2) is 53.6 Å². The average Bonchev–Trinajstić information content (AvgIpc) is 2.57. The molecule has 1 heterocycles. The van der Waals surface area contributed by atoms with E-state index in [0.717, 1.165) is 31.7 Å². The van der Waals surface area contributed by atoms with E-state index in [1.54, 1.807) is 12.3 Å². The van der Waals surface area contributed by atoms with Crippen LogP contribution in [0.1, 0.15) is 5.56 Å². The number of hydrogen-bond acceptors (Lipinski definition) is 3. The number of benzene rings is 2. The number of anilines is 1. The lowest BCUT2D eigenvalue weighted by atomic mass is 10.2. The van der Waals surface area contributed by atoms with Gasteiger partial charge in [-0.1, -0.05) is 53.5 Å². The summed E-state index contributed by atoms with van der Waals surface area (Å²) >= 11 is 12.2. The van der Waals surface area contributed by atoms with E-state index in [-0.39, 0.29) is 0 Å². The third-order valence-electron chi connectivity index (χ3n) is 3.72. The maximum atomic E-state index is 6.16. The molecule has 0 amide bonds. The minimum absolute atomic E-state index is 0.552. The molecule has 0 aliphatic carbocycles. The van der Waals surface area contributed by atoms with Crippen molar-refractivity contribution in [1.29, 1.82) is 0 Å². The Morgan fingerprint density at radius 1 is 0.864 bits per heavy atom. The summed E-state index contributed by atoms with van der Waals surface area (Å²) < 4.78 is 0. The summed E-state index contributed by atoms with van der Waals surface area (Å²) in [6, 6.07) is 16.0. The van der Waals surface area contributed by atoms with Gasteiger partial charge in [0.15, 0.2) is 0 Å². The van der Waals surface area contributed by atoms with Crippen molar-refractivity contribution in [1.82, 2.24) is 5.01 Å². The smallest absolute Gasteiger partial charge is 0.0680 e. The minimum Gasteiger partial charge on any atom is -0.368 e. The van der Waals surface area contributed by atoms with Crippen molar-refractivity contribution in [2.24, 2.45) is 5.10 Å². The molecule has 3 rings (SSSR count). The quantitative estimate of drug-likeness (QED) is 0.786. The molecule has 3 nitrogen and oxygen atoms in total. The summed E-state index contributed by atoms with van der Waals surface area (Å²) in [5.74, 6) is 0. The number of para-hydroxylation sites is 1. The second-order valence-corrected chi connectivity index (χ2v) is 5.95. The molecular formula is C17H17Cl2N3. The van der Waals surface area contributed by atoms with Gasteiger partial charge in [-0.3, -0.25) is 5.01 Å². The van der Waals surface area contributed by atoms with Gasteiger partial charge in [0, 0.05) is 24.3 Å². The van der Waals surface area contributed by atoms with Gasteiger partial charge in [-0.05, 0) is 18.2 Å². The summed E-state index contributed by atoms with van der Waals surface area (Å²) in [4.78, 5) is 2.37. The molecule has 2 aromatic rings. The highest BCUT2D eigenvalue weighted by molar-refractivity contribution is 6.43. The fourth-order valence-corrected chi connectivity index (χ4v) is 2.83. The third-order valence-corrected chi connectivity index (χ3v) is 4.55. The lowest BCUT2D eigenvalue weighted by molar-refractivity contribution is 0.272. The highest BCUT2D eigenvalue weighted by atomic mass is 35.5. The standard InChI is InChI=1S/C17H17Cl2N3/c18-16-8-4-5-14(17(16)19)13-20-22-11-9-21(10-12-22)15-6-2-1-3-7-15/h1-8,13H,9-12H2/b20-13+. The number of hydrogen-bond donors (Lipinski definition) is 0. The summed E-state index contributed by atoms with van der Waals surface area (Å²) in [7, 11) is 0. The van der Waals surface area contributed by atoms with Gasteiger partial charge in [0.25, 0.3) is 0 Å². The summed E-state index contributed by atoms with van der Waals surface area (Å²) in [5.41, 5.74) is 2.11. The zero-order valence-corrected chi connectivity index (χ0v) is 13.6. The molecule has 5 heteroatoms. The molecule has 0 spiro atoms. The Balaban J connectivity index is 1.60. The van der Waals surface area contributed by atoms with Crippen LogP contribution in [-0.4, -0.2) is 37.4 Å². The Morgan fingerprint density at radius 2 is 1.59 bits per heavy atom. The molecule has 1 saturated heterocycles. The zero-order valence-electron chi connectivity index (χ0n) is 12.1. The van der Waals surface area contributed by atoms with Crippen LogP contribution in [0.3, 0.4) is 0 Å². The SMILES string of the molecule is Clc1cccc(/C=N/N2CCN(c3ccccc3)CC2)c1Cl. The Labute approximate surface area is 140 Å². The van der Waals surface area contributed by atoms with Crippen LogP contribution in [-0.2, 0) is 0 Å². The van der Waals surface area contributed by atoms with E-state index in [4.69, 9.17) is 23.2 Å². The van der Waals surface area contributed by atoms with Crippen LogP contribution in [0.4, 0.5) is 5.69 Å². The van der Waals surface area contributed by atoms with Crippen LogP contribution < -0.4 is 4.90 Å². The van der Waals surface area contributed by atoms with Crippen molar-refractivity contribution in [3.05, 3.63) is 64.1 Å². The molecule has 0 N–H and O–H groups in total. The number of piperazine rings is 1. The van der Waals surface area contributed by atoms with Gasteiger partial charge in [-0.2, -0.15) is 5.10 Å². The van der Waals surface area contributed by atoms with Crippen molar-refractivity contribution in [3.63, 3.8) is 0 Å². The first-order valence-corrected chi connectivity index (χ1v) is 8.02. The van der Waals surface area contributed by atoms with E-state index in [9.17, 15) is 0 Å². The molecule has 1 aliphatic rings. The topological polar surface area (TPSA) is 18.8 Å². The fourth-order valence-electron chi connectivity index (χ4n) is 2.47. The summed E-state index contributed by atoms with van der Waals surface area (Å²) in [6.45, 7) is 3.71. The molecular weight excluding hydrogens is 317 g/mol. The third kappa shape index (κ3) is 3.54. The van der Waals surface area contributed by atoms with Crippen molar-refractivity contribution in [2.75, 3.05) is 31.1 Å². The number of rotatable bonds is 3. The molecule has 1 fully saturated rings. The Bertz CT molecular complexity index is 650. The second-order valence-electron chi connectivity index (χ2n) is 5.16. The predicted octanol–water partition coefficient (Wildman–Crippen LogP) is 4.15. The highest BCUT2D eigenvalue weighted by Crippen LogP contribution is 2.24. The maximum absolute atomic E-state index is 6.16. The largest absolute Gasteiger partial charge is 0.368 e. The molecule has 0 aromatic heterocycles. The van der Waals surface area contributed by atoms with E-state index in [1.165, 1.54) is 5.69 Å². The van der Waals surface area contributed by atoms with Crippen molar-refractivity contribution < 1.29 is 0 Å². The van der Waals surface area contributed by atoms with E-state index in [0.29, 0.717) is 10.0 Å². The molecule has 0 radical (unpaired) electrons. The van der Waals surface area contributed by atoms with Gasteiger partial charge in [0.05, 0.1) is 29.3 Å². The molecule has 1 aliphatic heterocycles. The molecule has 2 aromatic carbocycles. The summed E-state index contributed by atoms with van der Waals surface area (Å²) in [5, 5.41) is 7.70. The molecule has 0 atom stereocenters. The molecule has 0 saturated carbocycles. The summed E-state index contributed by atoms with van der Waals surface area (Å²) in [6.07, 6.45) is 1.78. The fraction of sp³-hybridized carbons (Fsp3) is 0.235. The average molecular weight is 334 g/mol. The Morgan fingerprint density at radius 3 is 2.32 bits per heavy atom. The van der Waals surface area contributed by atoms with Gasteiger partial charge in [0.1, 0.15) is 0 Å². The second kappa shape index (κ2) is 7.03. The van der Waals surface area contributed by atoms with Gasteiger partial charge in [-0.15, -0.1) is 0 Å². The van der Waals surface area contributed by atoms with Crippen LogP contribution >= 0.6 is 23.2 Å². The van der Waals surface area contributed by atoms with Crippen molar-refractivity contribution >= 4 is 35.1 Å². The number of hydrazone groups is 1. The minimum atomic E-state index is 0.552. The molecule has 114 valence electrons. The maximum Gasteiger partial charge on any atom is 0.0680 e. The predicted molar refractivity (Wildman–Crippen MR) is 94.3 cm³/mol. The van der Waals surface area contributed by atoms with E-state index >= 15 is 0 Å². The lowest BCUT2D eigenvalue weighted by Crippen LogP contribution is -2.44. The number of nitrogens with zero attached hydrogens (tertiary/aromatic N) is 3. The molecule has 0 unspecified atom stereocenters. The first kappa shape index (κ1) is 15.2. The van der Waals surface area contributed by atoms with Crippen LogP contribution in [0, 0.1) is 0 Å². The number of halogens is 2. The van der Waals surface area contributed by atoms with Crippen molar-refractivity contribution in [3.8, 4) is 0 Å². The normalized spacial score (nSPS) is 15.5. The Kier molecular flexibility index (Phi) is 4.86. The van der Waals surface area contributed by atoms with Crippen LogP contribution in [0.2, 0.25) is 10.0 Å². The van der Waals surface area contributed by atoms with Gasteiger partial charge in [0.2, 0.25) is 0 Å². The molecule has 22 heavy (non-hydrogen) atoms. The van der Waals surface area contributed by atoms with E-state index in [1.807, 2.05) is 18.2 Å². The van der Waals surface area contributed by atoms with E-state index in [2.05, 4.69) is 39.3 Å². The van der Waals surface area contributed by atoms with Gasteiger partial charge in [-0.25, -0.2) is 0 Å². The van der Waals surface area contributed by atoms with E-state index < -0.39 is 0 Å². The zero-order chi connectivity index (χ0) is 15.4. The Hall–Kier alpha value is -1.71. The highest BCUT2D eigenvalue weighted by Gasteiger charge is 2.15.